The third-order valence-corrected chi connectivity index (χ3v) is 4.49. The number of nitrogens with one attached hydrogen (secondary N) is 2. The lowest BCUT2D eigenvalue weighted by molar-refractivity contribution is 0.101. The largest absolute Gasteiger partial charge is 0.495 e. The molecular formula is C18H22N4O3. The first-order valence-electron chi connectivity index (χ1n) is 8.23. The molecule has 132 valence electrons. The number of hydrogen-bond donors (Lipinski definition) is 2. The molecule has 25 heavy (non-hydrogen) atoms. The summed E-state index contributed by atoms with van der Waals surface area (Å²) in [5.74, 6) is 0.445. The summed E-state index contributed by atoms with van der Waals surface area (Å²) in [4.78, 5) is 23.8. The normalized spacial score (nSPS) is 14.6. The zero-order valence-electron chi connectivity index (χ0n) is 14.4. The third-order valence-electron chi connectivity index (χ3n) is 4.49. The lowest BCUT2D eigenvalue weighted by Crippen LogP contribution is -2.35. The molecule has 0 saturated heterocycles. The number of carbonyl (C=O) groups is 2. The minimum absolute atomic E-state index is 0.0673. The van der Waals surface area contributed by atoms with E-state index in [2.05, 4.69) is 15.7 Å². The van der Waals surface area contributed by atoms with Crippen molar-refractivity contribution in [3.8, 4) is 5.75 Å². The molecule has 1 aromatic carbocycles. The minimum atomic E-state index is -0.314. The van der Waals surface area contributed by atoms with Crippen molar-refractivity contribution in [1.82, 2.24) is 15.1 Å². The van der Waals surface area contributed by atoms with Gasteiger partial charge in [0.2, 0.25) is 0 Å². The van der Waals surface area contributed by atoms with Crippen molar-refractivity contribution in [3.63, 3.8) is 0 Å². The molecule has 3 rings (SSSR count). The number of aromatic nitrogens is 2. The van der Waals surface area contributed by atoms with Crippen molar-refractivity contribution in [2.75, 3.05) is 19.0 Å². The maximum absolute atomic E-state index is 12.3. The smallest absolute Gasteiger partial charge is 0.319 e. The summed E-state index contributed by atoms with van der Waals surface area (Å²) in [5, 5.41) is 9.91. The second kappa shape index (κ2) is 6.96. The third kappa shape index (κ3) is 4.17. The first-order valence-corrected chi connectivity index (χ1v) is 8.23. The molecular weight excluding hydrogens is 320 g/mol. The Kier molecular flexibility index (Phi) is 4.74. The summed E-state index contributed by atoms with van der Waals surface area (Å²) < 4.78 is 7.14. The molecule has 1 aromatic heterocycles. The van der Waals surface area contributed by atoms with Gasteiger partial charge in [0, 0.05) is 36.5 Å². The van der Waals surface area contributed by atoms with E-state index in [1.165, 1.54) is 14.0 Å². The highest BCUT2D eigenvalue weighted by Gasteiger charge is 2.43. The summed E-state index contributed by atoms with van der Waals surface area (Å²) >= 11 is 0. The molecule has 0 spiro atoms. The highest BCUT2D eigenvalue weighted by atomic mass is 16.5. The molecule has 0 aliphatic heterocycles. The molecule has 1 aliphatic carbocycles. The van der Waals surface area contributed by atoms with Gasteiger partial charge >= 0.3 is 6.03 Å². The highest BCUT2D eigenvalue weighted by molar-refractivity contribution is 5.97. The summed E-state index contributed by atoms with van der Waals surface area (Å²) in [6, 6.07) is 6.55. The number of carbonyl (C=O) groups excluding carboxylic acids is 2. The number of ether oxygens (including phenoxy) is 1. The second-order valence-corrected chi connectivity index (χ2v) is 6.48. The number of anilines is 1. The van der Waals surface area contributed by atoms with E-state index in [-0.39, 0.29) is 17.2 Å². The number of ketones is 1. The SMILES string of the molecule is COc1ccc(C(C)=O)cc1NC(=O)NCC1(Cn2cccn2)CC1. The molecule has 1 aliphatic rings. The Morgan fingerprint density at radius 2 is 2.16 bits per heavy atom. The number of rotatable bonds is 7. The van der Waals surface area contributed by atoms with Crippen molar-refractivity contribution < 1.29 is 14.3 Å². The van der Waals surface area contributed by atoms with Gasteiger partial charge in [-0.15, -0.1) is 0 Å². The van der Waals surface area contributed by atoms with E-state index in [0.29, 0.717) is 23.5 Å². The van der Waals surface area contributed by atoms with Gasteiger partial charge in [0.15, 0.2) is 5.78 Å². The summed E-state index contributed by atoms with van der Waals surface area (Å²) in [7, 11) is 1.52. The summed E-state index contributed by atoms with van der Waals surface area (Å²) in [5.41, 5.74) is 1.08. The van der Waals surface area contributed by atoms with Gasteiger partial charge in [0.05, 0.1) is 12.8 Å². The zero-order valence-corrected chi connectivity index (χ0v) is 14.4. The van der Waals surface area contributed by atoms with Crippen LogP contribution in [0.5, 0.6) is 5.75 Å². The van der Waals surface area contributed by atoms with Crippen LogP contribution in [0.2, 0.25) is 0 Å². The first-order chi connectivity index (χ1) is 12.0. The van der Waals surface area contributed by atoms with Crippen molar-refractivity contribution in [2.45, 2.75) is 26.3 Å². The molecule has 1 saturated carbocycles. The Balaban J connectivity index is 1.59. The van der Waals surface area contributed by atoms with Gasteiger partial charge in [-0.1, -0.05) is 0 Å². The van der Waals surface area contributed by atoms with Crippen LogP contribution in [0.25, 0.3) is 0 Å². The standard InChI is InChI=1S/C18H22N4O3/c1-13(23)14-4-5-16(25-2)15(10-14)21-17(24)19-11-18(6-7-18)12-22-9-3-8-20-22/h3-5,8-10H,6-7,11-12H2,1-2H3,(H2,19,21,24). The molecule has 2 N–H and O–H groups in total. The average molecular weight is 342 g/mol. The van der Waals surface area contributed by atoms with Crippen LogP contribution in [0.15, 0.2) is 36.7 Å². The Morgan fingerprint density at radius 3 is 2.76 bits per heavy atom. The van der Waals surface area contributed by atoms with Crippen LogP contribution in [0.3, 0.4) is 0 Å². The van der Waals surface area contributed by atoms with Crippen molar-refractivity contribution in [2.24, 2.45) is 5.41 Å². The van der Waals surface area contributed by atoms with Crippen LogP contribution in [0.4, 0.5) is 10.5 Å². The van der Waals surface area contributed by atoms with E-state index < -0.39 is 0 Å². The van der Waals surface area contributed by atoms with Gasteiger partial charge in [-0.2, -0.15) is 5.10 Å². The monoisotopic (exact) mass is 342 g/mol. The Hall–Kier alpha value is -2.83. The Bertz CT molecular complexity index is 767. The highest BCUT2D eigenvalue weighted by Crippen LogP contribution is 2.46. The topological polar surface area (TPSA) is 85.2 Å². The first kappa shape index (κ1) is 17.0. The van der Waals surface area contributed by atoms with Crippen LogP contribution >= 0.6 is 0 Å². The number of urea groups is 1. The van der Waals surface area contributed by atoms with Crippen LogP contribution in [-0.2, 0) is 6.54 Å². The molecule has 1 heterocycles. The van der Waals surface area contributed by atoms with Gasteiger partial charge < -0.3 is 15.4 Å². The fraction of sp³-hybridized carbons (Fsp3) is 0.389. The predicted molar refractivity (Wildman–Crippen MR) is 93.9 cm³/mol. The van der Waals surface area contributed by atoms with Crippen LogP contribution in [0.1, 0.15) is 30.1 Å². The molecule has 0 atom stereocenters. The molecule has 2 amide bonds. The van der Waals surface area contributed by atoms with Gasteiger partial charge in [0.25, 0.3) is 0 Å². The van der Waals surface area contributed by atoms with Crippen LogP contribution in [0, 0.1) is 5.41 Å². The van der Waals surface area contributed by atoms with E-state index >= 15 is 0 Å². The number of hydrogen-bond acceptors (Lipinski definition) is 4. The molecule has 0 unspecified atom stereocenters. The number of methoxy groups -OCH3 is 1. The molecule has 7 nitrogen and oxygen atoms in total. The van der Waals surface area contributed by atoms with E-state index in [0.717, 1.165) is 19.4 Å². The van der Waals surface area contributed by atoms with Gasteiger partial charge in [0.1, 0.15) is 5.75 Å². The molecule has 2 aromatic rings. The molecule has 1 fully saturated rings. The zero-order chi connectivity index (χ0) is 17.9. The van der Waals surface area contributed by atoms with E-state index in [9.17, 15) is 9.59 Å². The van der Waals surface area contributed by atoms with Gasteiger partial charge in [-0.3, -0.25) is 9.48 Å². The van der Waals surface area contributed by atoms with E-state index in [1.54, 1.807) is 24.4 Å². The van der Waals surface area contributed by atoms with Crippen molar-refractivity contribution in [3.05, 3.63) is 42.2 Å². The van der Waals surface area contributed by atoms with Crippen molar-refractivity contribution >= 4 is 17.5 Å². The summed E-state index contributed by atoms with van der Waals surface area (Å²) in [6.07, 6.45) is 5.81. The maximum atomic E-state index is 12.3. The predicted octanol–water partition coefficient (Wildman–Crippen LogP) is 2.70. The van der Waals surface area contributed by atoms with Crippen LogP contribution < -0.4 is 15.4 Å². The number of nitrogens with zero attached hydrogens (tertiary/aromatic N) is 2. The fourth-order valence-electron chi connectivity index (χ4n) is 2.76. The fourth-order valence-corrected chi connectivity index (χ4v) is 2.76. The van der Waals surface area contributed by atoms with Gasteiger partial charge in [-0.25, -0.2) is 4.79 Å². The summed E-state index contributed by atoms with van der Waals surface area (Å²) in [6.45, 7) is 2.86. The minimum Gasteiger partial charge on any atom is -0.495 e. The number of Topliss-reactive ketones (excluding diaryl/α,β-unsaturated/α-hetero) is 1. The van der Waals surface area contributed by atoms with Gasteiger partial charge in [-0.05, 0) is 44.0 Å². The lowest BCUT2D eigenvalue weighted by atomic mass is 10.1. The number of amides is 2. The lowest BCUT2D eigenvalue weighted by Gasteiger charge is -2.17. The molecule has 0 radical (unpaired) electrons. The quantitative estimate of drug-likeness (QED) is 0.758. The van der Waals surface area contributed by atoms with Crippen LogP contribution in [-0.4, -0.2) is 35.2 Å². The Morgan fingerprint density at radius 1 is 1.36 bits per heavy atom. The average Bonchev–Trinajstić information content (AvgIpc) is 3.16. The molecule has 0 bridgehead atoms. The second-order valence-electron chi connectivity index (χ2n) is 6.48. The van der Waals surface area contributed by atoms with Crippen molar-refractivity contribution in [1.29, 1.82) is 0 Å². The maximum Gasteiger partial charge on any atom is 0.319 e. The Labute approximate surface area is 146 Å². The van der Waals surface area contributed by atoms with E-state index in [4.69, 9.17) is 4.74 Å². The van der Waals surface area contributed by atoms with E-state index in [1.807, 2.05) is 16.9 Å². The molecule has 7 heteroatoms. The number of benzene rings is 1.